The van der Waals surface area contributed by atoms with Crippen LogP contribution in [0.4, 0.5) is 5.69 Å². The average molecular weight is 403 g/mol. The van der Waals surface area contributed by atoms with Crippen molar-refractivity contribution in [1.82, 2.24) is 5.43 Å². The molecule has 7 heteroatoms. The highest BCUT2D eigenvalue weighted by Gasteiger charge is 2.11. The third-order valence-electron chi connectivity index (χ3n) is 4.39. The number of hydrazone groups is 1. The Morgan fingerprint density at radius 1 is 1.00 bits per heavy atom. The Bertz CT molecular complexity index is 1110. The third kappa shape index (κ3) is 4.82. The number of hydrogen-bond donors (Lipinski definition) is 3. The highest BCUT2D eigenvalue weighted by atomic mass is 16.5. The van der Waals surface area contributed by atoms with Crippen molar-refractivity contribution >= 4 is 23.7 Å². The van der Waals surface area contributed by atoms with Gasteiger partial charge in [-0.1, -0.05) is 30.3 Å². The molecule has 0 radical (unpaired) electrons. The topological polar surface area (TPSA) is 100 Å². The number of ether oxygens (including phenoxy) is 1. The number of carbonyl (C=O) groups excluding carboxylic acids is 2. The predicted molar refractivity (Wildman–Crippen MR) is 115 cm³/mol. The van der Waals surface area contributed by atoms with Gasteiger partial charge in [-0.05, 0) is 48.9 Å². The van der Waals surface area contributed by atoms with Gasteiger partial charge in [0, 0.05) is 22.4 Å². The summed E-state index contributed by atoms with van der Waals surface area (Å²) in [6.45, 7) is 1.86. The van der Waals surface area contributed by atoms with Crippen molar-refractivity contribution in [2.75, 3.05) is 12.4 Å². The van der Waals surface area contributed by atoms with Crippen LogP contribution in [-0.2, 0) is 0 Å². The Morgan fingerprint density at radius 2 is 1.77 bits per heavy atom. The zero-order chi connectivity index (χ0) is 21.5. The summed E-state index contributed by atoms with van der Waals surface area (Å²) in [6.07, 6.45) is 1.32. The van der Waals surface area contributed by atoms with Crippen molar-refractivity contribution < 1.29 is 19.4 Å². The molecule has 0 saturated heterocycles. The fraction of sp³-hybridized carbons (Fsp3) is 0.0870. The molecule has 7 nitrogen and oxygen atoms in total. The zero-order valence-electron chi connectivity index (χ0n) is 16.5. The number of hydrogen-bond acceptors (Lipinski definition) is 5. The van der Waals surface area contributed by atoms with Crippen LogP contribution in [0.3, 0.4) is 0 Å². The fourth-order valence-corrected chi connectivity index (χ4v) is 2.80. The van der Waals surface area contributed by atoms with Gasteiger partial charge in [0.25, 0.3) is 11.8 Å². The number of nitrogens with zero attached hydrogens (tertiary/aromatic N) is 1. The first kappa shape index (κ1) is 20.6. The van der Waals surface area contributed by atoms with Crippen LogP contribution in [0.2, 0.25) is 0 Å². The zero-order valence-corrected chi connectivity index (χ0v) is 16.5. The number of methoxy groups -OCH3 is 1. The average Bonchev–Trinajstić information content (AvgIpc) is 2.75. The van der Waals surface area contributed by atoms with Crippen molar-refractivity contribution in [3.8, 4) is 11.5 Å². The van der Waals surface area contributed by atoms with Crippen molar-refractivity contribution in [3.05, 3.63) is 89.0 Å². The minimum absolute atomic E-state index is 0.0704. The molecule has 2 amide bonds. The molecular formula is C23H21N3O4. The van der Waals surface area contributed by atoms with Gasteiger partial charge >= 0.3 is 0 Å². The van der Waals surface area contributed by atoms with E-state index in [2.05, 4.69) is 15.8 Å². The SMILES string of the molecule is COc1cccc(/C=N/NC(=O)c2cccc(NC(=O)c3ccccc3C)c2)c1O. The van der Waals surface area contributed by atoms with E-state index in [0.29, 0.717) is 28.1 Å². The van der Waals surface area contributed by atoms with E-state index in [1.165, 1.54) is 13.3 Å². The van der Waals surface area contributed by atoms with E-state index < -0.39 is 5.91 Å². The van der Waals surface area contributed by atoms with Crippen molar-refractivity contribution in [3.63, 3.8) is 0 Å². The second-order valence-corrected chi connectivity index (χ2v) is 6.45. The van der Waals surface area contributed by atoms with Crippen molar-refractivity contribution in [2.24, 2.45) is 5.10 Å². The molecule has 0 saturated carbocycles. The molecule has 0 aliphatic carbocycles. The fourth-order valence-electron chi connectivity index (χ4n) is 2.80. The highest BCUT2D eigenvalue weighted by molar-refractivity contribution is 6.06. The van der Waals surface area contributed by atoms with E-state index >= 15 is 0 Å². The van der Waals surface area contributed by atoms with Gasteiger partial charge in [-0.3, -0.25) is 9.59 Å². The quantitative estimate of drug-likeness (QED) is 0.431. The van der Waals surface area contributed by atoms with E-state index in [4.69, 9.17) is 4.74 Å². The summed E-state index contributed by atoms with van der Waals surface area (Å²) >= 11 is 0. The van der Waals surface area contributed by atoms with Crippen LogP contribution in [0.25, 0.3) is 0 Å². The van der Waals surface area contributed by atoms with Gasteiger partial charge in [-0.25, -0.2) is 5.43 Å². The van der Waals surface area contributed by atoms with Gasteiger partial charge in [0.05, 0.1) is 13.3 Å². The number of aryl methyl sites for hydroxylation is 1. The number of para-hydroxylation sites is 1. The maximum atomic E-state index is 12.5. The lowest BCUT2D eigenvalue weighted by molar-refractivity contribution is 0.0953. The molecule has 0 aromatic heterocycles. The minimum Gasteiger partial charge on any atom is -0.504 e. The molecule has 0 atom stereocenters. The number of nitrogens with one attached hydrogen (secondary N) is 2. The van der Waals surface area contributed by atoms with Gasteiger partial charge < -0.3 is 15.2 Å². The first-order chi connectivity index (χ1) is 14.5. The molecule has 3 rings (SSSR count). The molecule has 0 heterocycles. The molecule has 0 aliphatic rings. The van der Waals surface area contributed by atoms with E-state index in [1.54, 1.807) is 54.6 Å². The first-order valence-electron chi connectivity index (χ1n) is 9.16. The van der Waals surface area contributed by atoms with Crippen LogP contribution in [0.15, 0.2) is 71.8 Å². The Kier molecular flexibility index (Phi) is 6.44. The van der Waals surface area contributed by atoms with Gasteiger partial charge in [-0.15, -0.1) is 0 Å². The lowest BCUT2D eigenvalue weighted by atomic mass is 10.1. The van der Waals surface area contributed by atoms with Crippen LogP contribution >= 0.6 is 0 Å². The third-order valence-corrected chi connectivity index (χ3v) is 4.39. The number of carbonyl (C=O) groups is 2. The molecule has 0 spiro atoms. The summed E-state index contributed by atoms with van der Waals surface area (Å²) in [5.74, 6) is -0.473. The highest BCUT2D eigenvalue weighted by Crippen LogP contribution is 2.27. The minimum atomic E-state index is -0.458. The van der Waals surface area contributed by atoms with Gasteiger partial charge in [-0.2, -0.15) is 5.10 Å². The number of aromatic hydroxyl groups is 1. The molecule has 30 heavy (non-hydrogen) atoms. The standard InChI is InChI=1S/C23H21N3O4/c1-15-7-3-4-11-19(15)23(29)25-18-10-5-8-16(13-18)22(28)26-24-14-17-9-6-12-20(30-2)21(17)27/h3-14,27H,1-2H3,(H,25,29)(H,26,28)/b24-14+. The lowest BCUT2D eigenvalue weighted by Gasteiger charge is -2.09. The Balaban J connectivity index is 1.68. The van der Waals surface area contributed by atoms with Crippen molar-refractivity contribution in [2.45, 2.75) is 6.92 Å². The molecule has 3 aromatic carbocycles. The smallest absolute Gasteiger partial charge is 0.271 e. The van der Waals surface area contributed by atoms with Crippen LogP contribution in [0, 0.1) is 6.92 Å². The molecular weight excluding hydrogens is 382 g/mol. The summed E-state index contributed by atoms with van der Waals surface area (Å²) in [5, 5.41) is 16.7. The van der Waals surface area contributed by atoms with Gasteiger partial charge in [0.15, 0.2) is 11.5 Å². The number of benzene rings is 3. The molecule has 3 aromatic rings. The predicted octanol–water partition coefficient (Wildman–Crippen LogP) is 3.73. The summed E-state index contributed by atoms with van der Waals surface area (Å²) in [5.41, 5.74) is 5.04. The van der Waals surface area contributed by atoms with E-state index in [0.717, 1.165) is 5.56 Å². The second-order valence-electron chi connectivity index (χ2n) is 6.45. The van der Waals surface area contributed by atoms with Crippen LogP contribution < -0.4 is 15.5 Å². The number of amides is 2. The number of phenols is 1. The molecule has 0 unspecified atom stereocenters. The van der Waals surface area contributed by atoms with Gasteiger partial charge in [0.2, 0.25) is 0 Å². The molecule has 0 bridgehead atoms. The Hall–Kier alpha value is -4.13. The monoisotopic (exact) mass is 403 g/mol. The normalized spacial score (nSPS) is 10.6. The largest absolute Gasteiger partial charge is 0.504 e. The van der Waals surface area contributed by atoms with Gasteiger partial charge in [0.1, 0.15) is 0 Å². The summed E-state index contributed by atoms with van der Waals surface area (Å²) < 4.78 is 5.03. The maximum absolute atomic E-state index is 12.5. The van der Waals surface area contributed by atoms with Crippen LogP contribution in [0.1, 0.15) is 31.8 Å². The maximum Gasteiger partial charge on any atom is 0.271 e. The van der Waals surface area contributed by atoms with Crippen LogP contribution in [0.5, 0.6) is 11.5 Å². The molecule has 3 N–H and O–H groups in total. The summed E-state index contributed by atoms with van der Waals surface area (Å²) in [4.78, 5) is 24.8. The molecule has 0 aliphatic heterocycles. The number of anilines is 1. The summed E-state index contributed by atoms with van der Waals surface area (Å²) in [6, 6.07) is 18.7. The second kappa shape index (κ2) is 9.38. The summed E-state index contributed by atoms with van der Waals surface area (Å²) in [7, 11) is 1.45. The van der Waals surface area contributed by atoms with E-state index in [9.17, 15) is 14.7 Å². The van der Waals surface area contributed by atoms with Crippen molar-refractivity contribution in [1.29, 1.82) is 0 Å². The van der Waals surface area contributed by atoms with Crippen LogP contribution in [-0.4, -0.2) is 30.2 Å². The number of phenolic OH excluding ortho intramolecular Hbond substituents is 1. The number of rotatable bonds is 6. The first-order valence-corrected chi connectivity index (χ1v) is 9.16. The Morgan fingerprint density at radius 3 is 2.53 bits per heavy atom. The molecule has 0 fully saturated rings. The van der Waals surface area contributed by atoms with E-state index in [-0.39, 0.29) is 11.7 Å². The van der Waals surface area contributed by atoms with E-state index in [1.807, 2.05) is 19.1 Å². The Labute approximate surface area is 174 Å². The molecule has 152 valence electrons. The lowest BCUT2D eigenvalue weighted by Crippen LogP contribution is -2.18.